The highest BCUT2D eigenvalue weighted by molar-refractivity contribution is 5.10. The maximum atomic E-state index is 13.2. The van der Waals surface area contributed by atoms with Crippen LogP contribution in [-0.4, -0.2) is 17.4 Å². The second kappa shape index (κ2) is 6.87. The number of halogens is 3. The number of hydrogen-bond donors (Lipinski definition) is 1. The quantitative estimate of drug-likeness (QED) is 0.505. The summed E-state index contributed by atoms with van der Waals surface area (Å²) < 4.78 is 39.7. The molecule has 0 radical (unpaired) electrons. The minimum absolute atomic E-state index is 0.0131. The Bertz CT molecular complexity index is 628. The number of aliphatic hydroxyl groups is 1. The summed E-state index contributed by atoms with van der Waals surface area (Å²) in [5.74, 6) is 2.07. The van der Waals surface area contributed by atoms with E-state index in [1.165, 1.54) is 38.5 Å². The van der Waals surface area contributed by atoms with Gasteiger partial charge < -0.3 is 5.11 Å². The minimum Gasteiger partial charge on any atom is -0.383 e. The third-order valence-electron chi connectivity index (χ3n) is 10.7. The van der Waals surface area contributed by atoms with Crippen LogP contribution < -0.4 is 0 Å². The van der Waals surface area contributed by atoms with Crippen LogP contribution in [-0.2, 0) is 0 Å². The molecule has 4 aliphatic rings. The lowest BCUT2D eigenvalue weighted by Gasteiger charge is -2.62. The molecule has 0 amide bonds. The molecule has 0 saturated heterocycles. The SMILES string of the molecule is C[C@H](C(O)C(F)(F)F)[C@H]1CC[C@H]2[C@@H]3CC[C@@H]4CC(C)(C)CC[C@]4(C)[C@H]3CC[C@]12C. The smallest absolute Gasteiger partial charge is 0.383 e. The molecule has 0 bridgehead atoms. The van der Waals surface area contributed by atoms with E-state index in [2.05, 4.69) is 27.7 Å². The lowest BCUT2D eigenvalue weighted by molar-refractivity contribution is -0.228. The van der Waals surface area contributed by atoms with Gasteiger partial charge in [-0.25, -0.2) is 0 Å². The zero-order chi connectivity index (χ0) is 21.4. The van der Waals surface area contributed by atoms with Crippen molar-refractivity contribution in [2.24, 2.45) is 51.8 Å². The standard InChI is InChI=1S/C25H41F3O/c1-15(21(29)25(26,27)28)18-8-9-19-17-7-6-16-14-22(2,3)12-13-23(16,4)20(17)10-11-24(18,19)5/h15-21,29H,6-14H2,1-5H3/t15-,16+,17-,18+,19-,20-,21?,23-,24+/m0/s1. The van der Waals surface area contributed by atoms with Gasteiger partial charge in [0.05, 0.1) is 0 Å². The molecule has 0 aliphatic heterocycles. The molecule has 4 saturated carbocycles. The third kappa shape index (κ3) is 3.38. The van der Waals surface area contributed by atoms with E-state index in [1.807, 2.05) is 0 Å². The molecule has 4 rings (SSSR count). The topological polar surface area (TPSA) is 20.2 Å². The Labute approximate surface area is 175 Å². The van der Waals surface area contributed by atoms with Crippen LogP contribution in [0.25, 0.3) is 0 Å². The average Bonchev–Trinajstić information content (AvgIpc) is 2.97. The lowest BCUT2D eigenvalue weighted by atomic mass is 9.43. The van der Waals surface area contributed by atoms with Gasteiger partial charge >= 0.3 is 6.18 Å². The summed E-state index contributed by atoms with van der Waals surface area (Å²) in [6.45, 7) is 11.3. The fraction of sp³-hybridized carbons (Fsp3) is 1.00. The van der Waals surface area contributed by atoms with Gasteiger partial charge in [0.2, 0.25) is 0 Å². The van der Waals surface area contributed by atoms with Gasteiger partial charge in [0.25, 0.3) is 0 Å². The lowest BCUT2D eigenvalue weighted by Crippen LogP contribution is -2.55. The van der Waals surface area contributed by atoms with Crippen molar-refractivity contribution in [2.75, 3.05) is 0 Å². The van der Waals surface area contributed by atoms with Crippen molar-refractivity contribution in [2.45, 2.75) is 105 Å². The summed E-state index contributed by atoms with van der Waals surface area (Å²) in [7, 11) is 0. The van der Waals surface area contributed by atoms with Crippen LogP contribution in [0.5, 0.6) is 0 Å². The van der Waals surface area contributed by atoms with Crippen molar-refractivity contribution >= 4 is 0 Å². The van der Waals surface area contributed by atoms with Gasteiger partial charge in [0.1, 0.15) is 0 Å². The van der Waals surface area contributed by atoms with Crippen molar-refractivity contribution < 1.29 is 18.3 Å². The van der Waals surface area contributed by atoms with Gasteiger partial charge in [0.15, 0.2) is 6.10 Å². The van der Waals surface area contributed by atoms with Crippen molar-refractivity contribution in [3.05, 3.63) is 0 Å². The first kappa shape index (κ1) is 22.0. The van der Waals surface area contributed by atoms with Gasteiger partial charge in [-0.15, -0.1) is 0 Å². The van der Waals surface area contributed by atoms with Crippen LogP contribution in [0.3, 0.4) is 0 Å². The van der Waals surface area contributed by atoms with E-state index in [4.69, 9.17) is 0 Å². The van der Waals surface area contributed by atoms with Gasteiger partial charge in [-0.2, -0.15) is 13.2 Å². The molecule has 0 heterocycles. The maximum Gasteiger partial charge on any atom is 0.414 e. The first-order valence-electron chi connectivity index (χ1n) is 12.0. The average molecular weight is 415 g/mol. The highest BCUT2D eigenvalue weighted by atomic mass is 19.4. The van der Waals surface area contributed by atoms with Gasteiger partial charge in [0, 0.05) is 0 Å². The van der Waals surface area contributed by atoms with Crippen LogP contribution in [0, 0.1) is 51.8 Å². The Balaban J connectivity index is 1.55. The summed E-state index contributed by atoms with van der Waals surface area (Å²) in [4.78, 5) is 0. The van der Waals surface area contributed by atoms with Gasteiger partial charge in [-0.1, -0.05) is 34.6 Å². The molecule has 9 atom stereocenters. The van der Waals surface area contributed by atoms with Crippen LogP contribution in [0.2, 0.25) is 0 Å². The molecule has 0 spiro atoms. The summed E-state index contributed by atoms with van der Waals surface area (Å²) in [6.07, 6.45) is 3.98. The first-order valence-corrected chi connectivity index (χ1v) is 12.0. The van der Waals surface area contributed by atoms with Crippen molar-refractivity contribution in [3.8, 4) is 0 Å². The predicted octanol–water partition coefficient (Wildman–Crippen LogP) is 7.23. The number of hydrogen-bond acceptors (Lipinski definition) is 1. The summed E-state index contributed by atoms with van der Waals surface area (Å²) in [6, 6.07) is 0. The van der Waals surface area contributed by atoms with Crippen LogP contribution in [0.4, 0.5) is 13.2 Å². The number of rotatable bonds is 2. The fourth-order valence-electron chi connectivity index (χ4n) is 9.06. The van der Waals surface area contributed by atoms with E-state index >= 15 is 0 Å². The summed E-state index contributed by atoms with van der Waals surface area (Å²) in [5, 5.41) is 9.97. The Morgan fingerprint density at radius 3 is 2.14 bits per heavy atom. The summed E-state index contributed by atoms with van der Waals surface area (Å²) in [5.41, 5.74) is 0.848. The maximum absolute atomic E-state index is 13.2. The first-order chi connectivity index (χ1) is 13.3. The third-order valence-corrected chi connectivity index (χ3v) is 10.7. The molecular formula is C25H41F3O. The molecule has 168 valence electrons. The molecule has 4 aliphatic carbocycles. The molecule has 1 N–H and O–H groups in total. The Morgan fingerprint density at radius 2 is 1.48 bits per heavy atom. The highest BCUT2D eigenvalue weighted by Crippen LogP contribution is 2.69. The van der Waals surface area contributed by atoms with E-state index in [-0.39, 0.29) is 11.3 Å². The Morgan fingerprint density at radius 1 is 0.828 bits per heavy atom. The summed E-state index contributed by atoms with van der Waals surface area (Å²) >= 11 is 0. The number of fused-ring (bicyclic) bond motifs is 5. The molecule has 1 nitrogen and oxygen atoms in total. The van der Waals surface area contributed by atoms with Crippen LogP contribution in [0.15, 0.2) is 0 Å². The van der Waals surface area contributed by atoms with E-state index in [0.29, 0.717) is 22.7 Å². The predicted molar refractivity (Wildman–Crippen MR) is 110 cm³/mol. The fourth-order valence-corrected chi connectivity index (χ4v) is 9.06. The van der Waals surface area contributed by atoms with E-state index in [0.717, 1.165) is 31.1 Å². The molecule has 4 heteroatoms. The normalized spacial score (nSPS) is 48.9. The highest BCUT2D eigenvalue weighted by Gasteiger charge is 2.62. The monoisotopic (exact) mass is 414 g/mol. The van der Waals surface area contributed by atoms with Crippen molar-refractivity contribution in [1.82, 2.24) is 0 Å². The molecule has 4 fully saturated rings. The van der Waals surface area contributed by atoms with Crippen LogP contribution >= 0.6 is 0 Å². The molecule has 0 aromatic rings. The van der Waals surface area contributed by atoms with Gasteiger partial charge in [-0.3, -0.25) is 0 Å². The van der Waals surface area contributed by atoms with Crippen LogP contribution in [0.1, 0.15) is 92.4 Å². The Kier molecular flexibility index (Phi) is 5.21. The number of aliphatic hydroxyl groups excluding tert-OH is 1. The molecular weight excluding hydrogens is 373 g/mol. The van der Waals surface area contributed by atoms with E-state index in [1.54, 1.807) is 6.92 Å². The largest absolute Gasteiger partial charge is 0.414 e. The van der Waals surface area contributed by atoms with Gasteiger partial charge in [-0.05, 0) is 110 Å². The molecule has 1 unspecified atom stereocenters. The molecule has 29 heavy (non-hydrogen) atoms. The zero-order valence-corrected chi connectivity index (χ0v) is 19.0. The minimum atomic E-state index is -4.51. The van der Waals surface area contributed by atoms with E-state index < -0.39 is 18.2 Å². The second-order valence-electron chi connectivity index (χ2n) is 12.6. The van der Waals surface area contributed by atoms with Crippen molar-refractivity contribution in [1.29, 1.82) is 0 Å². The second-order valence-corrected chi connectivity index (χ2v) is 12.6. The van der Waals surface area contributed by atoms with E-state index in [9.17, 15) is 18.3 Å². The Hall–Kier alpha value is -0.250. The number of alkyl halides is 3. The van der Waals surface area contributed by atoms with Crippen molar-refractivity contribution in [3.63, 3.8) is 0 Å². The molecule has 0 aromatic carbocycles. The molecule has 0 aromatic heterocycles. The zero-order valence-electron chi connectivity index (χ0n) is 19.0.